The van der Waals surface area contributed by atoms with Crippen molar-refractivity contribution in [2.24, 2.45) is 0 Å². The van der Waals surface area contributed by atoms with Crippen LogP contribution < -0.4 is 5.32 Å². The van der Waals surface area contributed by atoms with Crippen LogP contribution in [0.5, 0.6) is 0 Å². The lowest BCUT2D eigenvalue weighted by Crippen LogP contribution is -2.04. The summed E-state index contributed by atoms with van der Waals surface area (Å²) >= 11 is 0. The lowest BCUT2D eigenvalue weighted by atomic mass is 9.96. The summed E-state index contributed by atoms with van der Waals surface area (Å²) in [5.41, 5.74) is 4.25. The van der Waals surface area contributed by atoms with Gasteiger partial charge in [-0.05, 0) is 24.5 Å². The highest BCUT2D eigenvalue weighted by Gasteiger charge is 2.51. The Kier molecular flexibility index (Phi) is 0.912. The molecule has 0 radical (unpaired) electrons. The highest BCUT2D eigenvalue weighted by atomic mass is 15.0. The number of hydrogen-bond donors (Lipinski definition) is 1. The van der Waals surface area contributed by atoms with Crippen LogP contribution in [0.1, 0.15) is 18.4 Å². The van der Waals surface area contributed by atoms with E-state index < -0.39 is 0 Å². The van der Waals surface area contributed by atoms with Crippen molar-refractivity contribution in [3.8, 4) is 0 Å². The SMILES string of the molecule is C=C1Nc2ccccc2C12CC2. The maximum atomic E-state index is 4.07. The van der Waals surface area contributed by atoms with Crippen LogP contribution >= 0.6 is 0 Å². The zero-order valence-corrected chi connectivity index (χ0v) is 6.93. The predicted molar refractivity (Wildman–Crippen MR) is 50.1 cm³/mol. The topological polar surface area (TPSA) is 12.0 Å². The van der Waals surface area contributed by atoms with Crippen molar-refractivity contribution >= 4 is 5.69 Å². The van der Waals surface area contributed by atoms with Gasteiger partial charge in [0.15, 0.2) is 0 Å². The summed E-state index contributed by atoms with van der Waals surface area (Å²) in [6.45, 7) is 4.07. The molecule has 0 atom stereocenters. The van der Waals surface area contributed by atoms with Gasteiger partial charge in [0.2, 0.25) is 0 Å². The Morgan fingerprint density at radius 1 is 1.25 bits per heavy atom. The summed E-state index contributed by atoms with van der Waals surface area (Å²) in [6, 6.07) is 8.53. The average molecular weight is 157 g/mol. The van der Waals surface area contributed by atoms with Gasteiger partial charge in [0, 0.05) is 16.8 Å². The van der Waals surface area contributed by atoms with Gasteiger partial charge in [-0.2, -0.15) is 0 Å². The van der Waals surface area contributed by atoms with Gasteiger partial charge < -0.3 is 5.32 Å². The minimum absolute atomic E-state index is 0.330. The third-order valence-corrected chi connectivity index (χ3v) is 3.06. The molecular formula is C11H11N. The van der Waals surface area contributed by atoms with Crippen molar-refractivity contribution < 1.29 is 0 Å². The smallest absolute Gasteiger partial charge is 0.0424 e. The Hall–Kier alpha value is -1.24. The van der Waals surface area contributed by atoms with Crippen LogP contribution in [-0.2, 0) is 5.41 Å². The Morgan fingerprint density at radius 3 is 2.75 bits per heavy atom. The standard InChI is InChI=1S/C11H11N/c1-8-11(6-7-11)9-4-2-3-5-10(9)12-8/h2-5,12H,1,6-7H2. The number of hydrogen-bond acceptors (Lipinski definition) is 1. The molecule has 0 saturated heterocycles. The first kappa shape index (κ1) is 6.30. The molecule has 1 aliphatic heterocycles. The van der Waals surface area contributed by atoms with Crippen LogP contribution in [0.2, 0.25) is 0 Å². The first-order chi connectivity index (χ1) is 5.83. The van der Waals surface area contributed by atoms with Gasteiger partial charge in [-0.1, -0.05) is 24.8 Å². The van der Waals surface area contributed by atoms with Crippen molar-refractivity contribution in [3.63, 3.8) is 0 Å². The normalized spacial score (nSPS) is 22.2. The number of anilines is 1. The van der Waals surface area contributed by atoms with E-state index in [9.17, 15) is 0 Å². The fourth-order valence-corrected chi connectivity index (χ4v) is 2.15. The molecule has 3 rings (SSSR count). The Labute approximate surface area is 72.1 Å². The number of nitrogens with one attached hydrogen (secondary N) is 1. The molecule has 0 aromatic heterocycles. The molecule has 1 aromatic rings. The molecule has 1 nitrogen and oxygen atoms in total. The minimum atomic E-state index is 0.330. The molecule has 1 spiro atoms. The lowest BCUT2D eigenvalue weighted by molar-refractivity contribution is 0.875. The van der Waals surface area contributed by atoms with Gasteiger partial charge in [-0.25, -0.2) is 0 Å². The van der Waals surface area contributed by atoms with Crippen LogP contribution in [-0.4, -0.2) is 0 Å². The third-order valence-electron chi connectivity index (χ3n) is 3.06. The predicted octanol–water partition coefficient (Wildman–Crippen LogP) is 2.66. The van der Waals surface area contributed by atoms with Gasteiger partial charge in [-0.15, -0.1) is 0 Å². The fraction of sp³-hybridized carbons (Fsp3) is 0.273. The molecule has 1 fully saturated rings. The van der Waals surface area contributed by atoms with E-state index in [0.717, 1.165) is 0 Å². The molecule has 2 aliphatic rings. The summed E-state index contributed by atoms with van der Waals surface area (Å²) in [4.78, 5) is 0. The van der Waals surface area contributed by atoms with Crippen molar-refractivity contribution in [2.45, 2.75) is 18.3 Å². The summed E-state index contributed by atoms with van der Waals surface area (Å²) in [6.07, 6.45) is 2.55. The number of benzene rings is 1. The Bertz CT molecular complexity index is 361. The van der Waals surface area contributed by atoms with E-state index in [0.29, 0.717) is 5.41 Å². The fourth-order valence-electron chi connectivity index (χ4n) is 2.15. The van der Waals surface area contributed by atoms with Gasteiger partial charge in [-0.3, -0.25) is 0 Å². The summed E-state index contributed by atoms with van der Waals surface area (Å²) < 4.78 is 0. The molecule has 60 valence electrons. The molecule has 1 heterocycles. The van der Waals surface area contributed by atoms with Crippen LogP contribution in [0, 0.1) is 0 Å². The third kappa shape index (κ3) is 0.558. The molecule has 1 saturated carbocycles. The van der Waals surface area contributed by atoms with Crippen molar-refractivity contribution in [2.75, 3.05) is 5.32 Å². The van der Waals surface area contributed by atoms with E-state index in [1.54, 1.807) is 0 Å². The van der Waals surface area contributed by atoms with Crippen molar-refractivity contribution in [1.29, 1.82) is 0 Å². The highest BCUT2D eigenvalue weighted by molar-refractivity contribution is 5.70. The molecule has 12 heavy (non-hydrogen) atoms. The second kappa shape index (κ2) is 1.74. The second-order valence-electron chi connectivity index (χ2n) is 3.73. The monoisotopic (exact) mass is 157 g/mol. The maximum Gasteiger partial charge on any atom is 0.0424 e. The molecule has 0 amide bonds. The van der Waals surface area contributed by atoms with Gasteiger partial charge >= 0.3 is 0 Å². The molecular weight excluding hydrogens is 146 g/mol. The van der Waals surface area contributed by atoms with E-state index in [2.05, 4.69) is 36.2 Å². The molecule has 1 aliphatic carbocycles. The Morgan fingerprint density at radius 2 is 2.00 bits per heavy atom. The summed E-state index contributed by atoms with van der Waals surface area (Å²) in [7, 11) is 0. The van der Waals surface area contributed by atoms with Crippen molar-refractivity contribution in [3.05, 3.63) is 42.1 Å². The van der Waals surface area contributed by atoms with Gasteiger partial charge in [0.25, 0.3) is 0 Å². The van der Waals surface area contributed by atoms with Gasteiger partial charge in [0.1, 0.15) is 0 Å². The quantitative estimate of drug-likeness (QED) is 0.610. The largest absolute Gasteiger partial charge is 0.358 e. The zero-order chi connectivity index (χ0) is 8.18. The summed E-state index contributed by atoms with van der Waals surface area (Å²) in [5.74, 6) is 0. The highest BCUT2D eigenvalue weighted by Crippen LogP contribution is 2.59. The van der Waals surface area contributed by atoms with Gasteiger partial charge in [0.05, 0.1) is 0 Å². The molecule has 1 N–H and O–H groups in total. The number of para-hydroxylation sites is 1. The van der Waals surface area contributed by atoms with E-state index in [1.807, 2.05) is 0 Å². The van der Waals surface area contributed by atoms with Crippen molar-refractivity contribution in [1.82, 2.24) is 0 Å². The first-order valence-electron chi connectivity index (χ1n) is 4.39. The van der Waals surface area contributed by atoms with E-state index in [-0.39, 0.29) is 0 Å². The molecule has 0 unspecified atom stereocenters. The van der Waals surface area contributed by atoms with E-state index in [1.165, 1.54) is 29.8 Å². The lowest BCUT2D eigenvalue weighted by Gasteiger charge is -2.06. The summed E-state index contributed by atoms with van der Waals surface area (Å²) in [5, 5.41) is 3.36. The zero-order valence-electron chi connectivity index (χ0n) is 6.93. The first-order valence-corrected chi connectivity index (χ1v) is 4.39. The molecule has 0 bridgehead atoms. The average Bonchev–Trinajstić information content (AvgIpc) is 2.80. The van der Waals surface area contributed by atoms with Crippen LogP contribution in [0.25, 0.3) is 0 Å². The van der Waals surface area contributed by atoms with E-state index >= 15 is 0 Å². The number of rotatable bonds is 0. The number of fused-ring (bicyclic) bond motifs is 2. The second-order valence-corrected chi connectivity index (χ2v) is 3.73. The van der Waals surface area contributed by atoms with E-state index in [4.69, 9.17) is 0 Å². The Balaban J connectivity index is 2.26. The maximum absolute atomic E-state index is 4.07. The van der Waals surface area contributed by atoms with Crippen LogP contribution in [0.3, 0.4) is 0 Å². The van der Waals surface area contributed by atoms with Crippen LogP contribution in [0.4, 0.5) is 5.69 Å². The minimum Gasteiger partial charge on any atom is -0.358 e. The number of allylic oxidation sites excluding steroid dienone is 1. The van der Waals surface area contributed by atoms with Crippen LogP contribution in [0.15, 0.2) is 36.5 Å². The molecule has 1 aromatic carbocycles. The molecule has 1 heteroatoms.